The van der Waals surface area contributed by atoms with Crippen molar-refractivity contribution in [3.8, 4) is 0 Å². The Hall–Kier alpha value is -2.43. The average Bonchev–Trinajstić information content (AvgIpc) is 2.93. The SMILES string of the molecule is COC(=O)CCc1ccc(Cn2[c]cnc2C=O)cc1. The second kappa shape index (κ2) is 6.65. The molecular formula is C15H15N2O3. The van der Waals surface area contributed by atoms with Gasteiger partial charge in [-0.3, -0.25) is 9.59 Å². The summed E-state index contributed by atoms with van der Waals surface area (Å²) in [6.07, 6.45) is 6.10. The van der Waals surface area contributed by atoms with E-state index in [9.17, 15) is 9.59 Å². The summed E-state index contributed by atoms with van der Waals surface area (Å²) in [6.45, 7) is 0.547. The Kier molecular flexibility index (Phi) is 4.65. The molecule has 1 aromatic carbocycles. The number of nitrogens with zero attached hydrogens (tertiary/aromatic N) is 2. The molecule has 0 aliphatic heterocycles. The summed E-state index contributed by atoms with van der Waals surface area (Å²) in [5, 5.41) is 0. The standard InChI is InChI=1S/C15H15N2O3/c1-20-15(19)7-6-12-2-4-13(5-3-12)10-17-9-8-16-14(17)11-18/h2-5,8,11H,6-7,10H2,1H3. The zero-order chi connectivity index (χ0) is 14.4. The number of imidazole rings is 1. The van der Waals surface area contributed by atoms with Crippen LogP contribution in [-0.2, 0) is 22.5 Å². The minimum absolute atomic E-state index is 0.210. The van der Waals surface area contributed by atoms with Crippen LogP contribution >= 0.6 is 0 Å². The van der Waals surface area contributed by atoms with Crippen LogP contribution in [0, 0.1) is 6.20 Å². The van der Waals surface area contributed by atoms with Gasteiger partial charge in [-0.25, -0.2) is 4.98 Å². The molecule has 0 spiro atoms. The lowest BCUT2D eigenvalue weighted by molar-refractivity contribution is -0.140. The highest BCUT2D eigenvalue weighted by atomic mass is 16.5. The van der Waals surface area contributed by atoms with E-state index >= 15 is 0 Å². The first-order valence-electron chi connectivity index (χ1n) is 6.26. The lowest BCUT2D eigenvalue weighted by atomic mass is 10.1. The van der Waals surface area contributed by atoms with Crippen molar-refractivity contribution in [1.82, 2.24) is 9.55 Å². The van der Waals surface area contributed by atoms with Gasteiger partial charge in [0, 0.05) is 13.0 Å². The summed E-state index contributed by atoms with van der Waals surface area (Å²) in [7, 11) is 1.39. The summed E-state index contributed by atoms with van der Waals surface area (Å²) >= 11 is 0. The van der Waals surface area contributed by atoms with Crippen molar-refractivity contribution in [2.24, 2.45) is 0 Å². The van der Waals surface area contributed by atoms with E-state index in [1.54, 1.807) is 4.57 Å². The molecule has 0 bridgehead atoms. The number of ether oxygens (including phenoxy) is 1. The van der Waals surface area contributed by atoms with Crippen molar-refractivity contribution in [2.45, 2.75) is 19.4 Å². The highest BCUT2D eigenvalue weighted by Crippen LogP contribution is 2.09. The second-order valence-electron chi connectivity index (χ2n) is 4.34. The molecule has 0 fully saturated rings. The lowest BCUT2D eigenvalue weighted by Gasteiger charge is -2.06. The third kappa shape index (κ3) is 3.54. The molecule has 5 nitrogen and oxygen atoms in total. The Labute approximate surface area is 117 Å². The van der Waals surface area contributed by atoms with Crippen molar-refractivity contribution in [2.75, 3.05) is 7.11 Å². The second-order valence-corrected chi connectivity index (χ2v) is 4.34. The highest BCUT2D eigenvalue weighted by Gasteiger charge is 2.04. The van der Waals surface area contributed by atoms with Gasteiger partial charge in [-0.2, -0.15) is 0 Å². The molecule has 103 valence electrons. The molecule has 0 N–H and O–H groups in total. The number of rotatable bonds is 6. The Morgan fingerprint density at radius 2 is 2.05 bits per heavy atom. The van der Waals surface area contributed by atoms with Crippen molar-refractivity contribution in [3.05, 3.63) is 53.6 Å². The van der Waals surface area contributed by atoms with Gasteiger partial charge in [0.2, 0.25) is 0 Å². The Morgan fingerprint density at radius 1 is 1.35 bits per heavy atom. The minimum atomic E-state index is -0.210. The van der Waals surface area contributed by atoms with Crippen LogP contribution < -0.4 is 0 Å². The number of esters is 1. The number of methoxy groups -OCH3 is 1. The maximum absolute atomic E-state index is 11.1. The Bertz CT molecular complexity index is 587. The summed E-state index contributed by atoms with van der Waals surface area (Å²) in [5.74, 6) is 0.150. The third-order valence-electron chi connectivity index (χ3n) is 3.00. The summed E-state index contributed by atoms with van der Waals surface area (Å²) < 4.78 is 6.27. The molecule has 1 aromatic heterocycles. The molecule has 20 heavy (non-hydrogen) atoms. The lowest BCUT2D eigenvalue weighted by Crippen LogP contribution is -2.04. The van der Waals surface area contributed by atoms with E-state index < -0.39 is 0 Å². The van der Waals surface area contributed by atoms with Gasteiger partial charge in [0.15, 0.2) is 12.1 Å². The van der Waals surface area contributed by atoms with Crippen LogP contribution in [0.15, 0.2) is 30.5 Å². The van der Waals surface area contributed by atoms with Crippen molar-refractivity contribution in [1.29, 1.82) is 0 Å². The van der Waals surface area contributed by atoms with Crippen molar-refractivity contribution < 1.29 is 14.3 Å². The van der Waals surface area contributed by atoms with Gasteiger partial charge in [-0.15, -0.1) is 0 Å². The maximum atomic E-state index is 11.1. The maximum Gasteiger partial charge on any atom is 0.305 e. The molecular weight excluding hydrogens is 256 g/mol. The average molecular weight is 271 g/mol. The molecule has 2 aromatic rings. The zero-order valence-corrected chi connectivity index (χ0v) is 11.2. The van der Waals surface area contributed by atoms with E-state index in [1.165, 1.54) is 13.3 Å². The van der Waals surface area contributed by atoms with E-state index in [-0.39, 0.29) is 5.97 Å². The van der Waals surface area contributed by atoms with Crippen LogP contribution in [0.25, 0.3) is 0 Å². The van der Waals surface area contributed by atoms with Gasteiger partial charge >= 0.3 is 5.97 Å². The third-order valence-corrected chi connectivity index (χ3v) is 3.00. The van der Waals surface area contributed by atoms with Crippen LogP contribution in [0.4, 0.5) is 0 Å². The van der Waals surface area contributed by atoms with Gasteiger partial charge in [0.25, 0.3) is 0 Å². The normalized spacial score (nSPS) is 10.2. The first-order valence-corrected chi connectivity index (χ1v) is 6.26. The summed E-state index contributed by atoms with van der Waals surface area (Å²) in [4.78, 5) is 25.7. The van der Waals surface area contributed by atoms with Crippen LogP contribution in [0.1, 0.15) is 28.2 Å². The van der Waals surface area contributed by atoms with Gasteiger partial charge in [0.1, 0.15) is 0 Å². The van der Waals surface area contributed by atoms with Crippen molar-refractivity contribution in [3.63, 3.8) is 0 Å². The molecule has 0 saturated carbocycles. The largest absolute Gasteiger partial charge is 0.469 e. The number of hydrogen-bond donors (Lipinski definition) is 0. The van der Waals surface area contributed by atoms with Gasteiger partial charge in [0.05, 0.1) is 19.5 Å². The zero-order valence-electron chi connectivity index (χ0n) is 11.2. The molecule has 0 aliphatic rings. The fraction of sp³-hybridized carbons (Fsp3) is 0.267. The molecule has 5 heteroatoms. The number of carbonyl (C=O) groups is 2. The van der Waals surface area contributed by atoms with Crippen molar-refractivity contribution >= 4 is 12.3 Å². The predicted molar refractivity (Wildman–Crippen MR) is 72.3 cm³/mol. The van der Waals surface area contributed by atoms with E-state index in [2.05, 4.69) is 15.9 Å². The topological polar surface area (TPSA) is 61.2 Å². The number of aryl methyl sites for hydroxylation is 1. The van der Waals surface area contributed by atoms with E-state index in [4.69, 9.17) is 0 Å². The molecule has 1 radical (unpaired) electrons. The van der Waals surface area contributed by atoms with E-state index in [0.29, 0.717) is 31.5 Å². The molecule has 0 unspecified atom stereocenters. The number of aldehydes is 1. The molecule has 0 amide bonds. The number of benzene rings is 1. The summed E-state index contributed by atoms with van der Waals surface area (Å²) in [5.41, 5.74) is 2.12. The Balaban J connectivity index is 1.98. The van der Waals surface area contributed by atoms with Crippen LogP contribution in [-0.4, -0.2) is 28.9 Å². The van der Waals surface area contributed by atoms with E-state index in [0.717, 1.165) is 11.1 Å². The van der Waals surface area contributed by atoms with Gasteiger partial charge < -0.3 is 9.30 Å². The predicted octanol–water partition coefficient (Wildman–Crippen LogP) is 1.65. The van der Waals surface area contributed by atoms with Gasteiger partial charge in [-0.05, 0) is 17.5 Å². The van der Waals surface area contributed by atoms with Crippen LogP contribution in [0.2, 0.25) is 0 Å². The van der Waals surface area contributed by atoms with Gasteiger partial charge in [-0.1, -0.05) is 24.3 Å². The van der Waals surface area contributed by atoms with Crippen LogP contribution in [0.3, 0.4) is 0 Å². The quantitative estimate of drug-likeness (QED) is 0.592. The highest BCUT2D eigenvalue weighted by molar-refractivity contribution is 5.69. The summed E-state index contributed by atoms with van der Waals surface area (Å²) in [6, 6.07) is 7.87. The molecule has 0 atom stereocenters. The number of aromatic nitrogens is 2. The Morgan fingerprint density at radius 3 is 2.70 bits per heavy atom. The van der Waals surface area contributed by atoms with Crippen LogP contribution in [0.5, 0.6) is 0 Å². The first-order chi connectivity index (χ1) is 9.72. The monoisotopic (exact) mass is 271 g/mol. The number of carbonyl (C=O) groups excluding carboxylic acids is 2. The minimum Gasteiger partial charge on any atom is -0.469 e. The smallest absolute Gasteiger partial charge is 0.305 e. The fourth-order valence-corrected chi connectivity index (χ4v) is 1.86. The molecule has 2 rings (SSSR count). The molecule has 0 saturated heterocycles. The molecule has 1 heterocycles. The first kappa shape index (κ1) is 14.0. The fourth-order valence-electron chi connectivity index (χ4n) is 1.86. The van der Waals surface area contributed by atoms with E-state index in [1.807, 2.05) is 24.3 Å². The number of hydrogen-bond acceptors (Lipinski definition) is 4. The molecule has 0 aliphatic carbocycles.